The van der Waals surface area contributed by atoms with Gasteiger partial charge in [0.25, 0.3) is 0 Å². The van der Waals surface area contributed by atoms with E-state index in [0.717, 1.165) is 30.6 Å². The number of fused-ring (bicyclic) bond motifs is 1. The third-order valence-corrected chi connectivity index (χ3v) is 3.16. The molecule has 1 heterocycles. The summed E-state index contributed by atoms with van der Waals surface area (Å²) >= 11 is 0. The molecule has 1 aromatic rings. The van der Waals surface area contributed by atoms with E-state index in [0.29, 0.717) is 6.42 Å². The van der Waals surface area contributed by atoms with E-state index < -0.39 is 0 Å². The Bertz CT molecular complexity index is 417. The van der Waals surface area contributed by atoms with Crippen molar-refractivity contribution in [1.29, 1.82) is 0 Å². The van der Waals surface area contributed by atoms with Gasteiger partial charge in [-0.2, -0.15) is 0 Å². The number of nitrogens with one attached hydrogen (secondary N) is 2. The summed E-state index contributed by atoms with van der Waals surface area (Å²) in [6.45, 7) is 0.912. The van der Waals surface area contributed by atoms with Crippen molar-refractivity contribution in [2.45, 2.75) is 25.3 Å². The second-order valence-corrected chi connectivity index (χ2v) is 4.46. The number of nitrogens with two attached hydrogens (primary N) is 1. The van der Waals surface area contributed by atoms with Crippen molar-refractivity contribution in [3.8, 4) is 0 Å². The van der Waals surface area contributed by atoms with Gasteiger partial charge in [-0.05, 0) is 43.6 Å². The van der Waals surface area contributed by atoms with Crippen LogP contribution in [0, 0.1) is 0 Å². The molecule has 4 N–H and O–H groups in total. The first kappa shape index (κ1) is 12.1. The number of aryl methyl sites for hydroxylation is 1. The number of hydrogen-bond acceptors (Lipinski definition) is 3. The Kier molecular flexibility index (Phi) is 3.76. The Morgan fingerprint density at radius 1 is 1.47 bits per heavy atom. The summed E-state index contributed by atoms with van der Waals surface area (Å²) < 4.78 is 0. The summed E-state index contributed by atoms with van der Waals surface area (Å²) in [7, 11) is 1.93. The molecular weight excluding hydrogens is 214 g/mol. The van der Waals surface area contributed by atoms with E-state index >= 15 is 0 Å². The number of anilines is 1. The van der Waals surface area contributed by atoms with Crippen LogP contribution in [0.4, 0.5) is 5.69 Å². The van der Waals surface area contributed by atoms with Crippen LogP contribution in [0.25, 0.3) is 0 Å². The van der Waals surface area contributed by atoms with Crippen LogP contribution in [-0.4, -0.2) is 19.5 Å². The van der Waals surface area contributed by atoms with Crippen LogP contribution in [0.5, 0.6) is 0 Å². The molecule has 1 amide bonds. The topological polar surface area (TPSA) is 67.1 Å². The highest BCUT2D eigenvalue weighted by Crippen LogP contribution is 2.26. The number of hydrogen-bond donors (Lipinski definition) is 3. The molecule has 17 heavy (non-hydrogen) atoms. The van der Waals surface area contributed by atoms with Gasteiger partial charge in [-0.25, -0.2) is 0 Å². The van der Waals surface area contributed by atoms with E-state index in [1.54, 1.807) is 0 Å². The molecular formula is C13H19N3O. The zero-order valence-corrected chi connectivity index (χ0v) is 10.1. The van der Waals surface area contributed by atoms with Gasteiger partial charge >= 0.3 is 0 Å². The van der Waals surface area contributed by atoms with Crippen LogP contribution in [0.1, 0.15) is 30.0 Å². The lowest BCUT2D eigenvalue weighted by Gasteiger charge is -2.19. The minimum absolute atomic E-state index is 0.0605. The molecule has 0 aromatic heterocycles. The molecule has 1 aliphatic heterocycles. The van der Waals surface area contributed by atoms with Crippen molar-refractivity contribution in [2.75, 3.05) is 18.9 Å². The number of benzene rings is 1. The summed E-state index contributed by atoms with van der Waals surface area (Å²) in [4.78, 5) is 11.2. The predicted molar refractivity (Wildman–Crippen MR) is 68.9 cm³/mol. The molecule has 0 fully saturated rings. The maximum atomic E-state index is 11.2. The standard InChI is InChI=1S/C13H19N3O/c1-15-7-6-11(14)9-2-4-12-10(8-9)3-5-13(17)16-12/h2,4,8,11,15H,3,5-7,14H2,1H3,(H,16,17). The Labute approximate surface area is 102 Å². The van der Waals surface area contributed by atoms with Gasteiger partial charge in [0.1, 0.15) is 0 Å². The van der Waals surface area contributed by atoms with Gasteiger partial charge < -0.3 is 16.4 Å². The fourth-order valence-electron chi connectivity index (χ4n) is 2.10. The number of carbonyl (C=O) groups is 1. The summed E-state index contributed by atoms with van der Waals surface area (Å²) in [6, 6.07) is 6.14. The molecule has 0 radical (unpaired) electrons. The maximum absolute atomic E-state index is 11.2. The van der Waals surface area contributed by atoms with Crippen LogP contribution in [0.3, 0.4) is 0 Å². The molecule has 2 rings (SSSR count). The molecule has 0 saturated heterocycles. The molecule has 4 heteroatoms. The fourth-order valence-corrected chi connectivity index (χ4v) is 2.10. The Hall–Kier alpha value is -1.39. The highest BCUT2D eigenvalue weighted by atomic mass is 16.1. The third-order valence-electron chi connectivity index (χ3n) is 3.16. The SMILES string of the molecule is CNCCC(N)c1ccc2c(c1)CCC(=O)N2. The number of rotatable bonds is 4. The maximum Gasteiger partial charge on any atom is 0.224 e. The summed E-state index contributed by atoms with van der Waals surface area (Å²) in [5.74, 6) is 0.102. The molecule has 1 atom stereocenters. The minimum atomic E-state index is 0.0605. The summed E-state index contributed by atoms with van der Waals surface area (Å²) in [5, 5.41) is 5.98. The zero-order chi connectivity index (χ0) is 12.3. The van der Waals surface area contributed by atoms with Gasteiger partial charge in [0.05, 0.1) is 0 Å². The largest absolute Gasteiger partial charge is 0.326 e. The fraction of sp³-hybridized carbons (Fsp3) is 0.462. The molecule has 92 valence electrons. The lowest BCUT2D eigenvalue weighted by molar-refractivity contribution is -0.116. The van der Waals surface area contributed by atoms with Crippen LogP contribution >= 0.6 is 0 Å². The molecule has 1 aliphatic rings. The number of carbonyl (C=O) groups excluding carboxylic acids is 1. The normalized spacial score (nSPS) is 16.2. The Morgan fingerprint density at radius 2 is 2.29 bits per heavy atom. The van der Waals surface area contributed by atoms with Gasteiger partial charge in [-0.1, -0.05) is 12.1 Å². The first-order valence-corrected chi connectivity index (χ1v) is 6.03. The average Bonchev–Trinajstić information content (AvgIpc) is 2.35. The molecule has 0 saturated carbocycles. The van der Waals surface area contributed by atoms with Crippen LogP contribution in [-0.2, 0) is 11.2 Å². The lowest BCUT2D eigenvalue weighted by atomic mass is 9.96. The van der Waals surface area contributed by atoms with E-state index in [1.807, 2.05) is 19.2 Å². The Morgan fingerprint density at radius 3 is 3.06 bits per heavy atom. The summed E-state index contributed by atoms with van der Waals surface area (Å²) in [5.41, 5.74) is 9.39. The number of amides is 1. The first-order valence-electron chi connectivity index (χ1n) is 6.03. The van der Waals surface area contributed by atoms with Gasteiger partial charge in [0, 0.05) is 18.2 Å². The predicted octanol–water partition coefficient (Wildman–Crippen LogP) is 1.18. The third kappa shape index (κ3) is 2.84. The average molecular weight is 233 g/mol. The quantitative estimate of drug-likeness (QED) is 0.731. The minimum Gasteiger partial charge on any atom is -0.326 e. The first-order chi connectivity index (χ1) is 8.20. The van der Waals surface area contributed by atoms with Crippen molar-refractivity contribution in [3.63, 3.8) is 0 Å². The van der Waals surface area contributed by atoms with Crippen LogP contribution in [0.2, 0.25) is 0 Å². The molecule has 0 aliphatic carbocycles. The van der Waals surface area contributed by atoms with Gasteiger partial charge in [-0.15, -0.1) is 0 Å². The molecule has 1 unspecified atom stereocenters. The van der Waals surface area contributed by atoms with Crippen molar-refractivity contribution in [3.05, 3.63) is 29.3 Å². The molecule has 1 aromatic carbocycles. The molecule has 0 bridgehead atoms. The second kappa shape index (κ2) is 5.29. The van der Waals surface area contributed by atoms with E-state index in [1.165, 1.54) is 5.56 Å². The van der Waals surface area contributed by atoms with Crippen LogP contribution in [0.15, 0.2) is 18.2 Å². The van der Waals surface area contributed by atoms with Crippen LogP contribution < -0.4 is 16.4 Å². The smallest absolute Gasteiger partial charge is 0.224 e. The monoisotopic (exact) mass is 233 g/mol. The van der Waals surface area contributed by atoms with Gasteiger partial charge in [-0.3, -0.25) is 4.79 Å². The summed E-state index contributed by atoms with van der Waals surface area (Å²) in [6.07, 6.45) is 2.30. The van der Waals surface area contributed by atoms with Crippen molar-refractivity contribution < 1.29 is 4.79 Å². The van der Waals surface area contributed by atoms with Crippen molar-refractivity contribution in [1.82, 2.24) is 5.32 Å². The van der Waals surface area contributed by atoms with Crippen molar-refractivity contribution in [2.24, 2.45) is 5.73 Å². The second-order valence-electron chi connectivity index (χ2n) is 4.46. The van der Waals surface area contributed by atoms with E-state index in [2.05, 4.69) is 16.7 Å². The molecule has 4 nitrogen and oxygen atoms in total. The van der Waals surface area contributed by atoms with Crippen molar-refractivity contribution >= 4 is 11.6 Å². The van der Waals surface area contributed by atoms with E-state index in [-0.39, 0.29) is 11.9 Å². The van der Waals surface area contributed by atoms with Gasteiger partial charge in [0.2, 0.25) is 5.91 Å². The zero-order valence-electron chi connectivity index (χ0n) is 10.1. The van der Waals surface area contributed by atoms with Gasteiger partial charge in [0.15, 0.2) is 0 Å². The van der Waals surface area contributed by atoms with E-state index in [9.17, 15) is 4.79 Å². The highest BCUT2D eigenvalue weighted by Gasteiger charge is 2.16. The Balaban J connectivity index is 2.13. The molecule has 0 spiro atoms. The lowest BCUT2D eigenvalue weighted by Crippen LogP contribution is -2.21. The van der Waals surface area contributed by atoms with E-state index in [4.69, 9.17) is 5.73 Å². The highest BCUT2D eigenvalue weighted by molar-refractivity contribution is 5.93.